The maximum atomic E-state index is 13.0. The molecule has 0 aliphatic carbocycles. The minimum Gasteiger partial charge on any atom is -0.296 e. The van der Waals surface area contributed by atoms with Gasteiger partial charge in [0.05, 0.1) is 22.1 Å². The van der Waals surface area contributed by atoms with E-state index in [-0.39, 0.29) is 5.56 Å². The van der Waals surface area contributed by atoms with E-state index in [1.807, 2.05) is 83.5 Å². The number of hydrogen-bond acceptors (Lipinski definition) is 3. The van der Waals surface area contributed by atoms with Gasteiger partial charge in [0, 0.05) is 35.8 Å². The molecule has 0 spiro atoms. The molecule has 5 heteroatoms. The van der Waals surface area contributed by atoms with Crippen molar-refractivity contribution >= 4 is 27.5 Å². The fraction of sp³-hybridized carbons (Fsp3) is 0.0385. The molecule has 148 valence electrons. The van der Waals surface area contributed by atoms with E-state index in [1.54, 1.807) is 11.6 Å². The molecule has 0 aliphatic rings. The Morgan fingerprint density at radius 1 is 0.774 bits per heavy atom. The lowest BCUT2D eigenvalue weighted by molar-refractivity contribution is 0.850. The van der Waals surface area contributed by atoms with E-state index in [2.05, 4.69) is 17.1 Å². The van der Waals surface area contributed by atoms with Crippen molar-refractivity contribution in [3.05, 3.63) is 101 Å². The Hall–Kier alpha value is -4.25. The highest BCUT2D eigenvalue weighted by molar-refractivity contribution is 5.89. The maximum absolute atomic E-state index is 13.0. The van der Waals surface area contributed by atoms with Crippen LogP contribution in [-0.4, -0.2) is 19.2 Å². The molecule has 0 bridgehead atoms. The van der Waals surface area contributed by atoms with Crippen molar-refractivity contribution < 1.29 is 0 Å². The molecule has 31 heavy (non-hydrogen) atoms. The maximum Gasteiger partial charge on any atom is 0.261 e. The third-order valence-corrected chi connectivity index (χ3v) is 5.79. The summed E-state index contributed by atoms with van der Waals surface area (Å²) < 4.78 is 3.51. The minimum absolute atomic E-state index is 0.0369. The average molecular weight is 402 g/mol. The number of benzene rings is 3. The Kier molecular flexibility index (Phi) is 3.77. The summed E-state index contributed by atoms with van der Waals surface area (Å²) >= 11 is 0. The topological polar surface area (TPSA) is 52.2 Å². The first-order valence-electron chi connectivity index (χ1n) is 10.1. The summed E-state index contributed by atoms with van der Waals surface area (Å²) in [5.74, 6) is 0. The van der Waals surface area contributed by atoms with Crippen LogP contribution in [0, 0.1) is 0 Å². The van der Waals surface area contributed by atoms with Gasteiger partial charge in [0.15, 0.2) is 0 Å². The van der Waals surface area contributed by atoms with Gasteiger partial charge < -0.3 is 0 Å². The lowest BCUT2D eigenvalue weighted by atomic mass is 10.0. The van der Waals surface area contributed by atoms with E-state index in [9.17, 15) is 4.79 Å². The van der Waals surface area contributed by atoms with Crippen molar-refractivity contribution in [2.24, 2.45) is 7.05 Å². The first-order chi connectivity index (χ1) is 15.2. The van der Waals surface area contributed by atoms with Gasteiger partial charge in [-0.05, 0) is 29.8 Å². The van der Waals surface area contributed by atoms with E-state index >= 15 is 0 Å². The Balaban J connectivity index is 1.62. The van der Waals surface area contributed by atoms with Crippen LogP contribution >= 0.6 is 0 Å². The summed E-state index contributed by atoms with van der Waals surface area (Å²) in [5.41, 5.74) is 6.31. The van der Waals surface area contributed by atoms with E-state index in [4.69, 9.17) is 5.10 Å². The zero-order chi connectivity index (χ0) is 20.9. The Morgan fingerprint density at radius 2 is 1.58 bits per heavy atom. The fourth-order valence-corrected chi connectivity index (χ4v) is 4.12. The van der Waals surface area contributed by atoms with E-state index in [1.165, 1.54) is 0 Å². The summed E-state index contributed by atoms with van der Waals surface area (Å²) in [6.07, 6.45) is 1.88. The molecule has 3 heterocycles. The lowest BCUT2D eigenvalue weighted by Crippen LogP contribution is -2.19. The molecule has 5 nitrogen and oxygen atoms in total. The molecule has 0 radical (unpaired) electrons. The normalized spacial score (nSPS) is 11.5. The standard InChI is InChI=1S/C26H18N4O/c1-29-25-15-23(17-7-3-2-4-8-17)28-30(25)24-14-18(11-12-21(24)26(29)31)20-13-19-9-5-6-10-22(19)27-16-20/h2-16H,1H3. The SMILES string of the molecule is Cn1c(=O)c2ccc(-c3cnc4ccccc4c3)cc2n2nc(-c3ccccc3)cc12. The summed E-state index contributed by atoms with van der Waals surface area (Å²) in [4.78, 5) is 17.6. The van der Waals surface area contributed by atoms with Gasteiger partial charge in [-0.1, -0.05) is 54.6 Å². The molecule has 6 aromatic rings. The number of aryl methyl sites for hydroxylation is 1. The first-order valence-corrected chi connectivity index (χ1v) is 10.1. The van der Waals surface area contributed by atoms with Crippen LogP contribution in [0.25, 0.3) is 49.8 Å². The van der Waals surface area contributed by atoms with Crippen LogP contribution in [0.1, 0.15) is 0 Å². The summed E-state index contributed by atoms with van der Waals surface area (Å²) in [5, 5.41) is 6.56. The van der Waals surface area contributed by atoms with Crippen LogP contribution in [0.5, 0.6) is 0 Å². The fourth-order valence-electron chi connectivity index (χ4n) is 4.12. The average Bonchev–Trinajstić information content (AvgIpc) is 3.28. The van der Waals surface area contributed by atoms with Crippen LogP contribution in [0.4, 0.5) is 0 Å². The summed E-state index contributed by atoms with van der Waals surface area (Å²) in [7, 11) is 1.79. The number of rotatable bonds is 2. The van der Waals surface area contributed by atoms with Crippen molar-refractivity contribution in [1.29, 1.82) is 0 Å². The zero-order valence-electron chi connectivity index (χ0n) is 16.9. The van der Waals surface area contributed by atoms with E-state index in [0.717, 1.165) is 44.5 Å². The Morgan fingerprint density at radius 3 is 2.45 bits per heavy atom. The molecule has 0 aliphatic heterocycles. The van der Waals surface area contributed by atoms with Crippen LogP contribution in [0.3, 0.4) is 0 Å². The van der Waals surface area contributed by atoms with Gasteiger partial charge in [-0.25, -0.2) is 4.52 Å². The molecule has 0 fully saturated rings. The van der Waals surface area contributed by atoms with Gasteiger partial charge in [0.1, 0.15) is 5.65 Å². The third-order valence-electron chi connectivity index (χ3n) is 5.79. The lowest BCUT2D eigenvalue weighted by Gasteiger charge is -2.09. The van der Waals surface area contributed by atoms with Gasteiger partial charge in [-0.2, -0.15) is 5.10 Å². The number of hydrogen-bond donors (Lipinski definition) is 0. The number of pyridine rings is 1. The summed E-state index contributed by atoms with van der Waals surface area (Å²) in [6.45, 7) is 0. The Bertz CT molecular complexity index is 1660. The van der Waals surface area contributed by atoms with Crippen molar-refractivity contribution in [1.82, 2.24) is 19.2 Å². The molecule has 6 rings (SSSR count). The van der Waals surface area contributed by atoms with Crippen LogP contribution in [-0.2, 0) is 7.05 Å². The van der Waals surface area contributed by atoms with Crippen molar-refractivity contribution in [3.8, 4) is 22.4 Å². The second-order valence-electron chi connectivity index (χ2n) is 7.68. The van der Waals surface area contributed by atoms with Gasteiger partial charge in [-0.15, -0.1) is 0 Å². The van der Waals surface area contributed by atoms with Gasteiger partial charge in [0.25, 0.3) is 5.56 Å². The molecular weight excluding hydrogens is 384 g/mol. The number of fused-ring (bicyclic) bond motifs is 4. The molecule has 3 aromatic carbocycles. The zero-order valence-corrected chi connectivity index (χ0v) is 16.9. The number of para-hydroxylation sites is 1. The molecule has 0 saturated heterocycles. The predicted molar refractivity (Wildman–Crippen MR) is 124 cm³/mol. The van der Waals surface area contributed by atoms with Crippen molar-refractivity contribution in [2.75, 3.05) is 0 Å². The summed E-state index contributed by atoms with van der Waals surface area (Å²) in [6, 6.07) is 28.0. The predicted octanol–water partition coefficient (Wildman–Crippen LogP) is 5.07. The van der Waals surface area contributed by atoms with E-state index < -0.39 is 0 Å². The smallest absolute Gasteiger partial charge is 0.261 e. The van der Waals surface area contributed by atoms with Crippen molar-refractivity contribution in [3.63, 3.8) is 0 Å². The molecule has 0 unspecified atom stereocenters. The largest absolute Gasteiger partial charge is 0.296 e. The van der Waals surface area contributed by atoms with Crippen molar-refractivity contribution in [2.45, 2.75) is 0 Å². The Labute approximate surface area is 177 Å². The van der Waals surface area contributed by atoms with Gasteiger partial charge >= 0.3 is 0 Å². The van der Waals surface area contributed by atoms with Gasteiger partial charge in [-0.3, -0.25) is 14.3 Å². The molecule has 0 amide bonds. The van der Waals surface area contributed by atoms with Gasteiger partial charge in [0.2, 0.25) is 0 Å². The van der Waals surface area contributed by atoms with Crippen LogP contribution < -0.4 is 5.56 Å². The highest BCUT2D eigenvalue weighted by Crippen LogP contribution is 2.27. The number of aromatic nitrogens is 4. The highest BCUT2D eigenvalue weighted by Gasteiger charge is 2.14. The molecule has 0 saturated carbocycles. The molecule has 3 aromatic heterocycles. The van der Waals surface area contributed by atoms with Crippen LogP contribution in [0.15, 0.2) is 95.9 Å². The van der Waals surface area contributed by atoms with E-state index in [0.29, 0.717) is 5.39 Å². The quantitative estimate of drug-likeness (QED) is 0.406. The molecule has 0 N–H and O–H groups in total. The third kappa shape index (κ3) is 2.74. The highest BCUT2D eigenvalue weighted by atomic mass is 16.1. The number of nitrogens with zero attached hydrogens (tertiary/aromatic N) is 4. The van der Waals surface area contributed by atoms with Crippen LogP contribution in [0.2, 0.25) is 0 Å². The monoisotopic (exact) mass is 402 g/mol. The molecular formula is C26H18N4O. The minimum atomic E-state index is -0.0369. The first kappa shape index (κ1) is 17.6. The second-order valence-corrected chi connectivity index (χ2v) is 7.68. The molecule has 0 atom stereocenters. The second kappa shape index (κ2) is 6.64.